The average molecular weight is 224 g/mol. The fourth-order valence-corrected chi connectivity index (χ4v) is 2.84. The van der Waals surface area contributed by atoms with Crippen molar-refractivity contribution >= 4 is 5.91 Å². The van der Waals surface area contributed by atoms with Crippen LogP contribution in [0.5, 0.6) is 0 Å². The highest BCUT2D eigenvalue weighted by Crippen LogP contribution is 2.45. The van der Waals surface area contributed by atoms with E-state index in [0.717, 1.165) is 25.9 Å². The van der Waals surface area contributed by atoms with Crippen molar-refractivity contribution in [1.82, 2.24) is 10.2 Å². The second kappa shape index (κ2) is 4.74. The minimum atomic E-state index is 0.326. The number of rotatable bonds is 3. The predicted octanol–water partition coefficient (Wildman–Crippen LogP) is 1.49. The summed E-state index contributed by atoms with van der Waals surface area (Å²) in [7, 11) is 1.98. The van der Waals surface area contributed by atoms with E-state index >= 15 is 0 Å². The Morgan fingerprint density at radius 2 is 2.19 bits per heavy atom. The molecular formula is C13H24N2O. The molecule has 0 aromatic heterocycles. The van der Waals surface area contributed by atoms with Crippen molar-refractivity contribution in [2.45, 2.75) is 39.2 Å². The summed E-state index contributed by atoms with van der Waals surface area (Å²) in [5, 5.41) is 3.37. The van der Waals surface area contributed by atoms with Crippen LogP contribution in [0.4, 0.5) is 0 Å². The monoisotopic (exact) mass is 224 g/mol. The number of hydrogen-bond acceptors (Lipinski definition) is 2. The Bertz CT molecular complexity index is 259. The van der Waals surface area contributed by atoms with Crippen molar-refractivity contribution in [3.05, 3.63) is 0 Å². The van der Waals surface area contributed by atoms with Crippen LogP contribution in [0.3, 0.4) is 0 Å². The summed E-state index contributed by atoms with van der Waals surface area (Å²) < 4.78 is 0. The number of nitrogens with zero attached hydrogens (tertiary/aromatic N) is 1. The lowest BCUT2D eigenvalue weighted by atomic mass is 10.0. The SMILES string of the molecule is CC(C)[C@@H]1C[C@@H]1C(=O)N(C)[C@H]1CCCNC1. The molecule has 16 heavy (non-hydrogen) atoms. The maximum absolute atomic E-state index is 12.2. The highest BCUT2D eigenvalue weighted by atomic mass is 16.2. The zero-order valence-electron chi connectivity index (χ0n) is 10.7. The van der Waals surface area contributed by atoms with E-state index in [9.17, 15) is 4.79 Å². The number of carbonyl (C=O) groups is 1. The molecule has 0 unspecified atom stereocenters. The minimum absolute atomic E-state index is 0.326. The minimum Gasteiger partial charge on any atom is -0.341 e. The van der Waals surface area contributed by atoms with Gasteiger partial charge < -0.3 is 10.2 Å². The third-order valence-corrected chi connectivity index (χ3v) is 4.18. The molecule has 1 aliphatic heterocycles. The third kappa shape index (κ3) is 2.40. The third-order valence-electron chi connectivity index (χ3n) is 4.18. The lowest BCUT2D eigenvalue weighted by Gasteiger charge is -2.32. The molecule has 1 aliphatic carbocycles. The summed E-state index contributed by atoms with van der Waals surface area (Å²) in [4.78, 5) is 14.2. The standard InChI is InChI=1S/C13H24N2O/c1-9(2)11-7-12(11)13(16)15(3)10-5-4-6-14-8-10/h9-12,14H,4-8H2,1-3H3/t10-,11-,12-/m0/s1. The Morgan fingerprint density at radius 1 is 1.44 bits per heavy atom. The molecule has 3 atom stereocenters. The van der Waals surface area contributed by atoms with Gasteiger partial charge in [-0.3, -0.25) is 4.79 Å². The van der Waals surface area contributed by atoms with Crippen molar-refractivity contribution in [3.8, 4) is 0 Å². The summed E-state index contributed by atoms with van der Waals surface area (Å²) in [6.07, 6.45) is 3.47. The van der Waals surface area contributed by atoms with Gasteiger partial charge in [-0.05, 0) is 37.6 Å². The lowest BCUT2D eigenvalue weighted by Crippen LogP contribution is -2.47. The molecule has 1 saturated carbocycles. The van der Waals surface area contributed by atoms with Crippen LogP contribution in [0, 0.1) is 17.8 Å². The molecule has 0 aromatic carbocycles. The topological polar surface area (TPSA) is 32.3 Å². The average Bonchev–Trinajstić information content (AvgIpc) is 3.08. The van der Waals surface area contributed by atoms with Gasteiger partial charge in [0, 0.05) is 25.6 Å². The van der Waals surface area contributed by atoms with Crippen LogP contribution < -0.4 is 5.32 Å². The van der Waals surface area contributed by atoms with Crippen molar-refractivity contribution in [3.63, 3.8) is 0 Å². The first-order chi connectivity index (χ1) is 7.61. The van der Waals surface area contributed by atoms with Gasteiger partial charge in [-0.15, -0.1) is 0 Å². The van der Waals surface area contributed by atoms with E-state index in [-0.39, 0.29) is 0 Å². The molecule has 92 valence electrons. The normalized spacial score (nSPS) is 33.9. The summed E-state index contributed by atoms with van der Waals surface area (Å²) in [6.45, 7) is 6.53. The summed E-state index contributed by atoms with van der Waals surface area (Å²) in [5.41, 5.74) is 0. The molecule has 0 aromatic rings. The molecule has 1 saturated heterocycles. The molecule has 2 rings (SSSR count). The number of hydrogen-bond donors (Lipinski definition) is 1. The highest BCUT2D eigenvalue weighted by Gasteiger charge is 2.46. The molecule has 1 heterocycles. The largest absolute Gasteiger partial charge is 0.341 e. The van der Waals surface area contributed by atoms with Crippen molar-refractivity contribution in [1.29, 1.82) is 0 Å². The first-order valence-electron chi connectivity index (χ1n) is 6.58. The van der Waals surface area contributed by atoms with Crippen LogP contribution in [-0.4, -0.2) is 37.0 Å². The van der Waals surface area contributed by atoms with Crippen LogP contribution >= 0.6 is 0 Å². The van der Waals surface area contributed by atoms with Gasteiger partial charge in [0.2, 0.25) is 5.91 Å². The van der Waals surface area contributed by atoms with E-state index in [1.54, 1.807) is 0 Å². The van der Waals surface area contributed by atoms with Gasteiger partial charge in [0.15, 0.2) is 0 Å². The second-order valence-electron chi connectivity index (χ2n) is 5.70. The maximum atomic E-state index is 12.2. The molecule has 1 amide bonds. The van der Waals surface area contributed by atoms with Gasteiger partial charge in [-0.25, -0.2) is 0 Å². The number of nitrogens with one attached hydrogen (secondary N) is 1. The number of likely N-dealkylation sites (N-methyl/N-ethyl adjacent to an activating group) is 1. The molecule has 3 nitrogen and oxygen atoms in total. The van der Waals surface area contributed by atoms with Crippen LogP contribution in [-0.2, 0) is 4.79 Å². The van der Waals surface area contributed by atoms with Crippen molar-refractivity contribution in [2.24, 2.45) is 17.8 Å². The first kappa shape index (κ1) is 11.9. The van der Waals surface area contributed by atoms with Crippen molar-refractivity contribution in [2.75, 3.05) is 20.1 Å². The lowest BCUT2D eigenvalue weighted by molar-refractivity contribution is -0.134. The molecule has 3 heteroatoms. The van der Waals surface area contributed by atoms with Crippen LogP contribution in [0.15, 0.2) is 0 Å². The predicted molar refractivity (Wildman–Crippen MR) is 65.1 cm³/mol. The van der Waals surface area contributed by atoms with E-state index in [2.05, 4.69) is 19.2 Å². The van der Waals surface area contributed by atoms with Crippen molar-refractivity contribution < 1.29 is 4.79 Å². The smallest absolute Gasteiger partial charge is 0.226 e. The van der Waals surface area contributed by atoms with E-state index in [4.69, 9.17) is 0 Å². The molecular weight excluding hydrogens is 200 g/mol. The van der Waals surface area contributed by atoms with Gasteiger partial charge in [-0.2, -0.15) is 0 Å². The molecule has 0 radical (unpaired) electrons. The van der Waals surface area contributed by atoms with Gasteiger partial charge in [0.05, 0.1) is 0 Å². The van der Waals surface area contributed by atoms with Gasteiger partial charge in [-0.1, -0.05) is 13.8 Å². The summed E-state index contributed by atoms with van der Waals surface area (Å²) in [5.74, 6) is 2.01. The Hall–Kier alpha value is -0.570. The molecule has 0 bridgehead atoms. The van der Waals surface area contributed by atoms with E-state index in [0.29, 0.717) is 29.7 Å². The second-order valence-corrected chi connectivity index (χ2v) is 5.70. The molecule has 0 spiro atoms. The Morgan fingerprint density at radius 3 is 2.69 bits per heavy atom. The Kier molecular flexibility index (Phi) is 3.53. The summed E-state index contributed by atoms with van der Waals surface area (Å²) >= 11 is 0. The Balaban J connectivity index is 1.85. The van der Waals surface area contributed by atoms with Crippen LogP contribution in [0.2, 0.25) is 0 Å². The van der Waals surface area contributed by atoms with Crippen LogP contribution in [0.25, 0.3) is 0 Å². The van der Waals surface area contributed by atoms with Gasteiger partial charge in [0.25, 0.3) is 0 Å². The maximum Gasteiger partial charge on any atom is 0.226 e. The van der Waals surface area contributed by atoms with Crippen LogP contribution in [0.1, 0.15) is 33.1 Å². The van der Waals surface area contributed by atoms with E-state index in [1.807, 2.05) is 11.9 Å². The number of carbonyl (C=O) groups excluding carboxylic acids is 1. The quantitative estimate of drug-likeness (QED) is 0.787. The zero-order valence-corrected chi connectivity index (χ0v) is 10.7. The molecule has 1 N–H and O–H groups in total. The van der Waals surface area contributed by atoms with E-state index in [1.165, 1.54) is 6.42 Å². The van der Waals surface area contributed by atoms with E-state index < -0.39 is 0 Å². The first-order valence-corrected chi connectivity index (χ1v) is 6.58. The molecule has 2 aliphatic rings. The number of amides is 1. The van der Waals surface area contributed by atoms with Gasteiger partial charge >= 0.3 is 0 Å². The number of piperidine rings is 1. The fraction of sp³-hybridized carbons (Fsp3) is 0.923. The molecule has 2 fully saturated rings. The summed E-state index contributed by atoms with van der Waals surface area (Å²) in [6, 6.07) is 0.426. The fourth-order valence-electron chi connectivity index (χ4n) is 2.84. The highest BCUT2D eigenvalue weighted by molar-refractivity contribution is 5.81. The zero-order chi connectivity index (χ0) is 11.7. The Labute approximate surface area is 98.6 Å². The van der Waals surface area contributed by atoms with Gasteiger partial charge in [0.1, 0.15) is 0 Å².